The number of rotatable bonds is 3. The minimum atomic E-state index is -4.48. The van der Waals surface area contributed by atoms with E-state index in [1.54, 1.807) is 17.6 Å². The van der Waals surface area contributed by atoms with Crippen molar-refractivity contribution < 1.29 is 13.2 Å². The molecule has 9 nitrogen and oxygen atoms in total. The van der Waals surface area contributed by atoms with Gasteiger partial charge in [0, 0.05) is 5.39 Å². The first-order chi connectivity index (χ1) is 14.8. The Labute approximate surface area is 172 Å². The monoisotopic (exact) mass is 425 g/mol. The molecule has 0 radical (unpaired) electrons. The average molecular weight is 425 g/mol. The number of anilines is 3. The fraction of sp³-hybridized carbons (Fsp3) is 0.105. The lowest BCUT2D eigenvalue weighted by atomic mass is 10.1. The first kappa shape index (κ1) is 18.8. The fourth-order valence-corrected chi connectivity index (χ4v) is 3.29. The molecule has 3 aromatic heterocycles. The zero-order chi connectivity index (χ0) is 21.8. The first-order valence-electron chi connectivity index (χ1n) is 9.08. The van der Waals surface area contributed by atoms with Gasteiger partial charge in [-0.05, 0) is 37.3 Å². The van der Waals surface area contributed by atoms with E-state index < -0.39 is 11.7 Å². The molecule has 0 aliphatic carbocycles. The van der Waals surface area contributed by atoms with Crippen molar-refractivity contribution in [1.82, 2.24) is 34.7 Å². The summed E-state index contributed by atoms with van der Waals surface area (Å²) in [5.74, 6) is 1.10. The van der Waals surface area contributed by atoms with E-state index in [0.29, 0.717) is 22.4 Å². The predicted molar refractivity (Wildman–Crippen MR) is 108 cm³/mol. The molecule has 156 valence electrons. The SMILES string of the molecule is Cc1nc(N)nc(-n2c(Nc3n[nH]c4ccc(C(F)(F)F)cc34)nc3ccccc32)n1. The molecule has 0 saturated heterocycles. The van der Waals surface area contributed by atoms with Gasteiger partial charge in [-0.15, -0.1) is 0 Å². The summed E-state index contributed by atoms with van der Waals surface area (Å²) in [5, 5.41) is 10.1. The molecule has 2 aromatic carbocycles. The minimum Gasteiger partial charge on any atom is -0.368 e. The van der Waals surface area contributed by atoms with Crippen LogP contribution in [0, 0.1) is 6.92 Å². The van der Waals surface area contributed by atoms with Crippen LogP contribution in [0.3, 0.4) is 0 Å². The Morgan fingerprint density at radius 1 is 1.03 bits per heavy atom. The number of hydrogen-bond acceptors (Lipinski definition) is 7. The third-order valence-electron chi connectivity index (χ3n) is 4.63. The number of nitrogens with zero attached hydrogens (tertiary/aromatic N) is 6. The summed E-state index contributed by atoms with van der Waals surface area (Å²) in [4.78, 5) is 17.0. The van der Waals surface area contributed by atoms with Crippen LogP contribution in [0.1, 0.15) is 11.4 Å². The highest BCUT2D eigenvalue weighted by atomic mass is 19.4. The molecular formula is C19H14F3N9. The van der Waals surface area contributed by atoms with Crippen molar-refractivity contribution in [3.63, 3.8) is 0 Å². The van der Waals surface area contributed by atoms with Gasteiger partial charge < -0.3 is 11.1 Å². The summed E-state index contributed by atoms with van der Waals surface area (Å²) in [6, 6.07) is 10.6. The number of nitrogens with two attached hydrogens (primary N) is 1. The molecule has 0 amide bonds. The Morgan fingerprint density at radius 3 is 2.61 bits per heavy atom. The summed E-state index contributed by atoms with van der Waals surface area (Å²) in [7, 11) is 0. The lowest BCUT2D eigenvalue weighted by Crippen LogP contribution is -2.10. The topological polar surface area (TPSA) is 123 Å². The zero-order valence-corrected chi connectivity index (χ0v) is 15.9. The van der Waals surface area contributed by atoms with Crippen molar-refractivity contribution in [1.29, 1.82) is 0 Å². The van der Waals surface area contributed by atoms with Gasteiger partial charge in [0.15, 0.2) is 5.82 Å². The van der Waals surface area contributed by atoms with Gasteiger partial charge >= 0.3 is 6.18 Å². The smallest absolute Gasteiger partial charge is 0.368 e. The number of benzene rings is 2. The van der Waals surface area contributed by atoms with Gasteiger partial charge in [-0.3, -0.25) is 5.10 Å². The molecule has 31 heavy (non-hydrogen) atoms. The highest BCUT2D eigenvalue weighted by molar-refractivity contribution is 5.92. The number of halogens is 3. The molecule has 0 spiro atoms. The van der Waals surface area contributed by atoms with Crippen LogP contribution in [-0.2, 0) is 6.18 Å². The molecule has 0 atom stereocenters. The van der Waals surface area contributed by atoms with Crippen LogP contribution < -0.4 is 11.1 Å². The van der Waals surface area contributed by atoms with Crippen LogP contribution >= 0.6 is 0 Å². The van der Waals surface area contributed by atoms with E-state index in [1.807, 2.05) is 18.2 Å². The molecule has 5 aromatic rings. The molecule has 0 aliphatic heterocycles. The Balaban J connectivity index is 1.68. The third-order valence-corrected chi connectivity index (χ3v) is 4.63. The molecule has 0 aliphatic rings. The highest BCUT2D eigenvalue weighted by Gasteiger charge is 2.31. The number of para-hydroxylation sites is 2. The zero-order valence-electron chi connectivity index (χ0n) is 15.9. The molecule has 0 saturated carbocycles. The summed E-state index contributed by atoms with van der Waals surface area (Å²) < 4.78 is 41.1. The maximum atomic E-state index is 13.2. The molecule has 3 heterocycles. The van der Waals surface area contributed by atoms with Gasteiger partial charge in [-0.2, -0.15) is 33.2 Å². The minimum absolute atomic E-state index is 0.0336. The van der Waals surface area contributed by atoms with E-state index in [-0.39, 0.29) is 29.0 Å². The Kier molecular flexibility index (Phi) is 4.03. The Bertz CT molecular complexity index is 1410. The van der Waals surface area contributed by atoms with Gasteiger partial charge in [0.2, 0.25) is 17.8 Å². The number of alkyl halides is 3. The van der Waals surface area contributed by atoms with Gasteiger partial charge in [0.1, 0.15) is 5.82 Å². The number of H-pyrrole nitrogens is 1. The average Bonchev–Trinajstić information content (AvgIpc) is 3.27. The lowest BCUT2D eigenvalue weighted by molar-refractivity contribution is -0.137. The second-order valence-electron chi connectivity index (χ2n) is 6.76. The molecule has 4 N–H and O–H groups in total. The Hall–Kier alpha value is -4.22. The van der Waals surface area contributed by atoms with Crippen molar-refractivity contribution in [2.45, 2.75) is 13.1 Å². The molecule has 12 heteroatoms. The van der Waals surface area contributed by atoms with Crippen LogP contribution in [0.4, 0.5) is 30.9 Å². The van der Waals surface area contributed by atoms with E-state index in [4.69, 9.17) is 5.73 Å². The second-order valence-corrected chi connectivity index (χ2v) is 6.76. The second kappa shape index (κ2) is 6.65. The summed E-state index contributed by atoms with van der Waals surface area (Å²) in [5.41, 5.74) is 6.75. The van der Waals surface area contributed by atoms with Crippen molar-refractivity contribution in [2.24, 2.45) is 0 Å². The molecular weight excluding hydrogens is 411 g/mol. The van der Waals surface area contributed by atoms with Crippen LogP contribution in [0.25, 0.3) is 27.9 Å². The molecule has 0 fully saturated rings. The van der Waals surface area contributed by atoms with Crippen molar-refractivity contribution in [3.05, 3.63) is 53.9 Å². The summed E-state index contributed by atoms with van der Waals surface area (Å²) in [6.45, 7) is 1.67. The van der Waals surface area contributed by atoms with Gasteiger partial charge in [0.25, 0.3) is 0 Å². The maximum absolute atomic E-state index is 13.2. The number of aromatic amines is 1. The molecule has 0 bridgehead atoms. The van der Waals surface area contributed by atoms with Crippen LogP contribution in [0.2, 0.25) is 0 Å². The van der Waals surface area contributed by atoms with Crippen LogP contribution in [0.5, 0.6) is 0 Å². The number of aromatic nitrogens is 7. The van der Waals surface area contributed by atoms with E-state index in [2.05, 4.69) is 35.5 Å². The van der Waals surface area contributed by atoms with Gasteiger partial charge in [-0.25, -0.2) is 9.55 Å². The number of fused-ring (bicyclic) bond motifs is 2. The fourth-order valence-electron chi connectivity index (χ4n) is 3.29. The van der Waals surface area contributed by atoms with E-state index >= 15 is 0 Å². The largest absolute Gasteiger partial charge is 0.416 e. The summed E-state index contributed by atoms with van der Waals surface area (Å²) in [6.07, 6.45) is -4.48. The standard InChI is InChI=1S/C19H14F3N9/c1-9-24-16(23)28-17(25-9)31-14-5-3-2-4-13(14)26-18(31)27-15-11-8-10(19(20,21)22)6-7-12(11)29-30-15/h2-8H,1H3,(H2,23,24,25,28)(H2,26,27,29,30). The van der Waals surface area contributed by atoms with E-state index in [1.165, 1.54) is 6.07 Å². The lowest BCUT2D eigenvalue weighted by Gasteiger charge is -2.10. The maximum Gasteiger partial charge on any atom is 0.416 e. The van der Waals surface area contributed by atoms with Crippen LogP contribution in [-0.4, -0.2) is 34.7 Å². The normalized spacial score (nSPS) is 12.0. The van der Waals surface area contributed by atoms with E-state index in [0.717, 1.165) is 12.1 Å². The quantitative estimate of drug-likeness (QED) is 0.402. The Morgan fingerprint density at radius 2 is 1.84 bits per heavy atom. The van der Waals surface area contributed by atoms with Crippen molar-refractivity contribution in [3.8, 4) is 5.95 Å². The number of aryl methyl sites for hydroxylation is 1. The van der Waals surface area contributed by atoms with Crippen molar-refractivity contribution in [2.75, 3.05) is 11.1 Å². The number of hydrogen-bond donors (Lipinski definition) is 3. The number of imidazole rings is 1. The number of nitrogen functional groups attached to an aromatic ring is 1. The summed E-state index contributed by atoms with van der Waals surface area (Å²) >= 11 is 0. The molecule has 0 unspecified atom stereocenters. The molecule has 5 rings (SSSR count). The first-order valence-corrected chi connectivity index (χ1v) is 9.08. The predicted octanol–water partition coefficient (Wildman–Crippen LogP) is 3.74. The highest BCUT2D eigenvalue weighted by Crippen LogP contribution is 2.34. The van der Waals surface area contributed by atoms with Gasteiger partial charge in [-0.1, -0.05) is 12.1 Å². The van der Waals surface area contributed by atoms with Crippen molar-refractivity contribution >= 4 is 39.7 Å². The van der Waals surface area contributed by atoms with Gasteiger partial charge in [0.05, 0.1) is 22.1 Å². The number of nitrogens with one attached hydrogen (secondary N) is 2. The third kappa shape index (κ3) is 3.27. The van der Waals surface area contributed by atoms with Crippen LogP contribution in [0.15, 0.2) is 42.5 Å². The van der Waals surface area contributed by atoms with E-state index in [9.17, 15) is 13.2 Å².